The van der Waals surface area contributed by atoms with Crippen LogP contribution in [0.2, 0.25) is 0 Å². The van der Waals surface area contributed by atoms with E-state index in [4.69, 9.17) is 11.6 Å². The molecule has 0 unspecified atom stereocenters. The summed E-state index contributed by atoms with van der Waals surface area (Å²) >= 11 is 1.81. The standard InChI is InChI=1S/C21H25N5S/c1-15-16(2)27-21(24-15)26-11-9-25(10-12-26)8-4-5-17-14-23-20-7-6-18(22-3)13-19(17)20/h6-7,13-14,23H,4-5,8-12H2,1-2H3. The van der Waals surface area contributed by atoms with E-state index in [1.165, 1.54) is 21.0 Å². The monoisotopic (exact) mass is 379 g/mol. The fourth-order valence-corrected chi connectivity index (χ4v) is 4.65. The summed E-state index contributed by atoms with van der Waals surface area (Å²) in [5.41, 5.74) is 4.33. The number of anilines is 1. The Morgan fingerprint density at radius 2 is 2.04 bits per heavy atom. The highest BCUT2D eigenvalue weighted by atomic mass is 32.1. The van der Waals surface area contributed by atoms with Gasteiger partial charge in [0.25, 0.3) is 0 Å². The van der Waals surface area contributed by atoms with Gasteiger partial charge in [0.15, 0.2) is 10.8 Å². The number of nitrogens with zero attached hydrogens (tertiary/aromatic N) is 4. The Labute approximate surface area is 164 Å². The van der Waals surface area contributed by atoms with Crippen molar-refractivity contribution >= 4 is 33.1 Å². The number of aryl methyl sites for hydroxylation is 3. The molecule has 4 rings (SSSR count). The minimum absolute atomic E-state index is 0.715. The van der Waals surface area contributed by atoms with Crippen molar-refractivity contribution in [3.63, 3.8) is 0 Å². The molecule has 3 aromatic rings. The van der Waals surface area contributed by atoms with Crippen molar-refractivity contribution in [1.29, 1.82) is 0 Å². The molecule has 6 heteroatoms. The molecule has 5 nitrogen and oxygen atoms in total. The normalized spacial score (nSPS) is 15.4. The lowest BCUT2D eigenvalue weighted by Gasteiger charge is -2.34. The third-order valence-corrected chi connectivity index (χ3v) is 6.59. The highest BCUT2D eigenvalue weighted by Crippen LogP contribution is 2.27. The summed E-state index contributed by atoms with van der Waals surface area (Å²) in [5.74, 6) is 0. The van der Waals surface area contributed by atoms with Crippen LogP contribution in [0.15, 0.2) is 24.4 Å². The molecule has 1 fully saturated rings. The second-order valence-corrected chi connectivity index (χ2v) is 8.41. The zero-order chi connectivity index (χ0) is 18.8. The van der Waals surface area contributed by atoms with Crippen LogP contribution in [0.5, 0.6) is 0 Å². The number of hydrogen-bond acceptors (Lipinski definition) is 4. The van der Waals surface area contributed by atoms with E-state index < -0.39 is 0 Å². The lowest BCUT2D eigenvalue weighted by atomic mass is 10.1. The van der Waals surface area contributed by atoms with E-state index in [1.807, 2.05) is 29.5 Å². The van der Waals surface area contributed by atoms with Crippen LogP contribution in [-0.2, 0) is 6.42 Å². The van der Waals surface area contributed by atoms with E-state index in [9.17, 15) is 0 Å². The Kier molecular flexibility index (Phi) is 5.15. The van der Waals surface area contributed by atoms with Crippen LogP contribution in [-0.4, -0.2) is 47.6 Å². The highest BCUT2D eigenvalue weighted by molar-refractivity contribution is 7.15. The van der Waals surface area contributed by atoms with Gasteiger partial charge in [0, 0.05) is 42.8 Å². The topological polar surface area (TPSA) is 39.5 Å². The van der Waals surface area contributed by atoms with E-state index in [-0.39, 0.29) is 0 Å². The van der Waals surface area contributed by atoms with Crippen LogP contribution >= 0.6 is 11.3 Å². The Balaban J connectivity index is 1.29. The molecule has 0 spiro atoms. The number of rotatable bonds is 5. The van der Waals surface area contributed by atoms with Crippen molar-refractivity contribution in [2.45, 2.75) is 26.7 Å². The largest absolute Gasteiger partial charge is 0.361 e. The number of aromatic amines is 1. The smallest absolute Gasteiger partial charge is 0.187 e. The maximum Gasteiger partial charge on any atom is 0.187 e. The van der Waals surface area contributed by atoms with Crippen LogP contribution in [0, 0.1) is 20.4 Å². The number of aromatic nitrogens is 2. The molecule has 0 bridgehead atoms. The number of thiazole rings is 1. The van der Waals surface area contributed by atoms with Gasteiger partial charge in [-0.2, -0.15) is 0 Å². The number of hydrogen-bond donors (Lipinski definition) is 1. The predicted molar refractivity (Wildman–Crippen MR) is 113 cm³/mol. The van der Waals surface area contributed by atoms with Crippen molar-refractivity contribution in [2.75, 3.05) is 37.6 Å². The number of nitrogens with one attached hydrogen (secondary N) is 1. The maximum absolute atomic E-state index is 7.21. The van der Waals surface area contributed by atoms with E-state index in [1.54, 1.807) is 0 Å². The number of piperazine rings is 1. The molecular formula is C21H25N5S. The minimum Gasteiger partial charge on any atom is -0.361 e. The van der Waals surface area contributed by atoms with Crippen molar-refractivity contribution < 1.29 is 0 Å². The molecule has 27 heavy (non-hydrogen) atoms. The average Bonchev–Trinajstić information content (AvgIpc) is 3.25. The van der Waals surface area contributed by atoms with Gasteiger partial charge in [-0.3, -0.25) is 4.90 Å². The lowest BCUT2D eigenvalue weighted by Crippen LogP contribution is -2.46. The van der Waals surface area contributed by atoms with Crippen LogP contribution in [0.25, 0.3) is 15.7 Å². The molecule has 1 aliphatic heterocycles. The van der Waals surface area contributed by atoms with Gasteiger partial charge in [-0.05, 0) is 56.3 Å². The fraction of sp³-hybridized carbons (Fsp3) is 0.429. The van der Waals surface area contributed by atoms with Crippen molar-refractivity contribution in [1.82, 2.24) is 14.9 Å². The van der Waals surface area contributed by atoms with Crippen LogP contribution in [0.3, 0.4) is 0 Å². The molecule has 0 atom stereocenters. The summed E-state index contributed by atoms with van der Waals surface area (Å²) in [4.78, 5) is 17.9. The van der Waals surface area contributed by atoms with E-state index in [0.29, 0.717) is 5.69 Å². The van der Waals surface area contributed by atoms with E-state index in [2.05, 4.69) is 39.7 Å². The quantitative estimate of drug-likeness (QED) is 0.661. The van der Waals surface area contributed by atoms with E-state index >= 15 is 0 Å². The van der Waals surface area contributed by atoms with Crippen molar-refractivity contribution in [3.8, 4) is 0 Å². The van der Waals surface area contributed by atoms with Crippen molar-refractivity contribution in [3.05, 3.63) is 51.9 Å². The highest BCUT2D eigenvalue weighted by Gasteiger charge is 2.19. The number of fused-ring (bicyclic) bond motifs is 1. The molecular weight excluding hydrogens is 354 g/mol. The molecule has 1 aliphatic rings. The van der Waals surface area contributed by atoms with Crippen LogP contribution in [0.4, 0.5) is 10.8 Å². The molecule has 0 saturated carbocycles. The zero-order valence-electron chi connectivity index (χ0n) is 16.0. The summed E-state index contributed by atoms with van der Waals surface area (Å²) in [6.07, 6.45) is 4.29. The Bertz CT molecular complexity index is 953. The third kappa shape index (κ3) is 3.85. The first-order valence-corrected chi connectivity index (χ1v) is 10.3. The van der Waals surface area contributed by atoms with Gasteiger partial charge in [0.2, 0.25) is 0 Å². The first-order valence-electron chi connectivity index (χ1n) is 9.53. The Hall–Kier alpha value is -2.36. The molecule has 1 aromatic carbocycles. The molecule has 1 saturated heterocycles. The minimum atomic E-state index is 0.715. The zero-order valence-corrected chi connectivity index (χ0v) is 16.8. The number of benzene rings is 1. The average molecular weight is 380 g/mol. The molecule has 3 heterocycles. The Morgan fingerprint density at radius 1 is 1.22 bits per heavy atom. The van der Waals surface area contributed by atoms with Gasteiger partial charge in [0.1, 0.15) is 0 Å². The molecule has 140 valence electrons. The van der Waals surface area contributed by atoms with Gasteiger partial charge >= 0.3 is 0 Å². The van der Waals surface area contributed by atoms with Gasteiger partial charge in [-0.15, -0.1) is 11.3 Å². The van der Waals surface area contributed by atoms with Gasteiger partial charge < -0.3 is 9.88 Å². The van der Waals surface area contributed by atoms with Gasteiger partial charge in [-0.1, -0.05) is 6.07 Å². The second-order valence-electron chi connectivity index (χ2n) is 7.23. The van der Waals surface area contributed by atoms with Gasteiger partial charge in [0.05, 0.1) is 12.3 Å². The summed E-state index contributed by atoms with van der Waals surface area (Å²) in [7, 11) is 0. The van der Waals surface area contributed by atoms with Crippen molar-refractivity contribution in [2.24, 2.45) is 0 Å². The number of H-pyrrole nitrogens is 1. The van der Waals surface area contributed by atoms with Crippen LogP contribution < -0.4 is 4.90 Å². The molecule has 2 aromatic heterocycles. The predicted octanol–water partition coefficient (Wildman–Crippen LogP) is 4.55. The summed E-state index contributed by atoms with van der Waals surface area (Å²) in [6.45, 7) is 16.9. The summed E-state index contributed by atoms with van der Waals surface area (Å²) in [6, 6.07) is 5.89. The van der Waals surface area contributed by atoms with Gasteiger partial charge in [-0.25, -0.2) is 9.83 Å². The first kappa shape index (κ1) is 18.0. The van der Waals surface area contributed by atoms with E-state index in [0.717, 1.165) is 56.8 Å². The molecule has 0 amide bonds. The Morgan fingerprint density at radius 3 is 2.74 bits per heavy atom. The fourth-order valence-electron chi connectivity index (χ4n) is 3.69. The SMILES string of the molecule is [C-]#[N+]c1ccc2[nH]cc(CCCN3CCN(c4nc(C)c(C)s4)CC3)c2c1. The summed E-state index contributed by atoms with van der Waals surface area (Å²) < 4.78 is 0. The third-order valence-electron chi connectivity index (χ3n) is 5.46. The second kappa shape index (κ2) is 7.71. The lowest BCUT2D eigenvalue weighted by molar-refractivity contribution is 0.255. The summed E-state index contributed by atoms with van der Waals surface area (Å²) in [5, 5.41) is 2.38. The van der Waals surface area contributed by atoms with Crippen LogP contribution in [0.1, 0.15) is 22.6 Å². The first-order chi connectivity index (χ1) is 13.1. The molecule has 0 aliphatic carbocycles. The molecule has 0 radical (unpaired) electrons. The molecule has 1 N–H and O–H groups in total. The maximum atomic E-state index is 7.21.